The second kappa shape index (κ2) is 7.79. The van der Waals surface area contributed by atoms with Crippen molar-refractivity contribution in [1.82, 2.24) is 5.32 Å². The highest BCUT2D eigenvalue weighted by molar-refractivity contribution is 5.76. The lowest BCUT2D eigenvalue weighted by atomic mass is 10.1. The van der Waals surface area contributed by atoms with Crippen LogP contribution in [0.4, 0.5) is 0 Å². The van der Waals surface area contributed by atoms with Crippen LogP contribution in [0, 0.1) is 0 Å². The van der Waals surface area contributed by atoms with E-state index in [1.165, 1.54) is 0 Å². The average molecular weight is 264 g/mol. The molecular weight excluding hydrogens is 240 g/mol. The summed E-state index contributed by atoms with van der Waals surface area (Å²) < 4.78 is 5.17. The van der Waals surface area contributed by atoms with E-state index in [4.69, 9.17) is 10.5 Å². The van der Waals surface area contributed by atoms with E-state index in [9.17, 15) is 4.79 Å². The highest BCUT2D eigenvalue weighted by atomic mass is 16.5. The number of amides is 1. The lowest BCUT2D eigenvalue weighted by Crippen LogP contribution is -2.26. The van der Waals surface area contributed by atoms with Crippen LogP contribution in [0.3, 0.4) is 0 Å². The average Bonchev–Trinajstić information content (AvgIpc) is 2.38. The minimum atomic E-state index is -0.0158. The zero-order chi connectivity index (χ0) is 14.3. The number of carbonyl (C=O) groups excluding carboxylic acids is 1. The number of nitrogens with one attached hydrogen (secondary N) is 1. The molecule has 0 heterocycles. The van der Waals surface area contributed by atoms with Crippen LogP contribution in [0.25, 0.3) is 0 Å². The molecule has 1 amide bonds. The minimum absolute atomic E-state index is 0.0158. The lowest BCUT2D eigenvalue weighted by Gasteiger charge is -2.15. The molecule has 0 aliphatic rings. The molecule has 19 heavy (non-hydrogen) atoms. The van der Waals surface area contributed by atoms with Gasteiger partial charge in [-0.2, -0.15) is 0 Å². The molecule has 2 atom stereocenters. The van der Waals surface area contributed by atoms with Gasteiger partial charge in [0.25, 0.3) is 0 Å². The first-order valence-electron chi connectivity index (χ1n) is 6.72. The van der Waals surface area contributed by atoms with E-state index in [2.05, 4.69) is 5.32 Å². The van der Waals surface area contributed by atoms with Crippen LogP contribution in [0.15, 0.2) is 24.3 Å². The molecule has 1 aromatic rings. The first-order chi connectivity index (χ1) is 9.02. The van der Waals surface area contributed by atoms with Crippen LogP contribution < -0.4 is 15.8 Å². The molecule has 0 aromatic heterocycles. The first kappa shape index (κ1) is 15.5. The van der Waals surface area contributed by atoms with Gasteiger partial charge in [-0.05, 0) is 44.4 Å². The number of rotatable bonds is 7. The maximum Gasteiger partial charge on any atom is 0.220 e. The molecule has 1 rings (SSSR count). The summed E-state index contributed by atoms with van der Waals surface area (Å²) >= 11 is 0. The Bertz CT molecular complexity index is 405. The number of hydrogen-bond donors (Lipinski definition) is 2. The Morgan fingerprint density at radius 1 is 1.42 bits per heavy atom. The highest BCUT2D eigenvalue weighted by Gasteiger charge is 2.10. The molecule has 0 fully saturated rings. The van der Waals surface area contributed by atoms with Gasteiger partial charge in [0.2, 0.25) is 5.91 Å². The van der Waals surface area contributed by atoms with Crippen molar-refractivity contribution in [2.75, 3.05) is 7.11 Å². The van der Waals surface area contributed by atoms with Gasteiger partial charge in [0, 0.05) is 12.5 Å². The Morgan fingerprint density at radius 3 is 2.79 bits per heavy atom. The van der Waals surface area contributed by atoms with Gasteiger partial charge in [-0.1, -0.05) is 12.1 Å². The molecule has 0 aliphatic heterocycles. The molecule has 0 saturated carbocycles. The molecule has 4 nitrogen and oxygen atoms in total. The van der Waals surface area contributed by atoms with Crippen LogP contribution >= 0.6 is 0 Å². The number of carbonyl (C=O) groups is 1. The summed E-state index contributed by atoms with van der Waals surface area (Å²) in [5.41, 5.74) is 6.70. The van der Waals surface area contributed by atoms with Crippen molar-refractivity contribution in [2.24, 2.45) is 5.73 Å². The summed E-state index contributed by atoms with van der Waals surface area (Å²) in [4.78, 5) is 11.8. The second-order valence-corrected chi connectivity index (χ2v) is 4.94. The third-order valence-electron chi connectivity index (χ3n) is 3.03. The summed E-state index contributed by atoms with van der Waals surface area (Å²) in [5.74, 6) is 0.867. The fourth-order valence-corrected chi connectivity index (χ4v) is 1.89. The monoisotopic (exact) mass is 264 g/mol. The maximum absolute atomic E-state index is 11.8. The van der Waals surface area contributed by atoms with E-state index in [1.807, 2.05) is 38.1 Å². The standard InChI is InChI=1S/C15H24N2O2/c1-11(16)6-4-9-15(18)17-12(2)13-7-5-8-14(10-13)19-3/h5,7-8,10-12H,4,6,9,16H2,1-3H3,(H,17,18)/t11?,12-/m0/s1. The van der Waals surface area contributed by atoms with E-state index >= 15 is 0 Å². The van der Waals surface area contributed by atoms with Gasteiger partial charge in [-0.25, -0.2) is 0 Å². The van der Waals surface area contributed by atoms with E-state index in [1.54, 1.807) is 7.11 Å². The van der Waals surface area contributed by atoms with Crippen molar-refractivity contribution in [1.29, 1.82) is 0 Å². The van der Waals surface area contributed by atoms with Crippen molar-refractivity contribution in [3.05, 3.63) is 29.8 Å². The van der Waals surface area contributed by atoms with Crippen molar-refractivity contribution in [2.45, 2.75) is 45.2 Å². The van der Waals surface area contributed by atoms with Gasteiger partial charge in [0.15, 0.2) is 0 Å². The van der Waals surface area contributed by atoms with Crippen molar-refractivity contribution >= 4 is 5.91 Å². The fraction of sp³-hybridized carbons (Fsp3) is 0.533. The predicted octanol–water partition coefficient (Wildman–Crippen LogP) is 2.39. The van der Waals surface area contributed by atoms with Crippen molar-refractivity contribution in [3.8, 4) is 5.75 Å². The van der Waals surface area contributed by atoms with Crippen LogP contribution in [-0.4, -0.2) is 19.1 Å². The summed E-state index contributed by atoms with van der Waals surface area (Å²) in [5, 5.41) is 2.99. The molecule has 1 unspecified atom stereocenters. The number of ether oxygens (including phenoxy) is 1. The van der Waals surface area contributed by atoms with Crippen molar-refractivity contribution < 1.29 is 9.53 Å². The van der Waals surface area contributed by atoms with E-state index in [0.29, 0.717) is 6.42 Å². The van der Waals surface area contributed by atoms with Crippen LogP contribution in [-0.2, 0) is 4.79 Å². The first-order valence-corrected chi connectivity index (χ1v) is 6.72. The van der Waals surface area contributed by atoms with Crippen molar-refractivity contribution in [3.63, 3.8) is 0 Å². The molecule has 3 N–H and O–H groups in total. The maximum atomic E-state index is 11.8. The molecule has 0 aliphatic carbocycles. The Kier molecular flexibility index (Phi) is 6.36. The molecule has 1 aromatic carbocycles. The quantitative estimate of drug-likeness (QED) is 0.794. The van der Waals surface area contributed by atoms with Gasteiger partial charge >= 0.3 is 0 Å². The predicted molar refractivity (Wildman–Crippen MR) is 77.1 cm³/mol. The van der Waals surface area contributed by atoms with Crippen LogP contribution in [0.5, 0.6) is 5.75 Å². The topological polar surface area (TPSA) is 64.3 Å². The molecule has 4 heteroatoms. The van der Waals surface area contributed by atoms with Gasteiger partial charge in [-0.15, -0.1) is 0 Å². The Hall–Kier alpha value is -1.55. The third kappa shape index (κ3) is 5.75. The number of hydrogen-bond acceptors (Lipinski definition) is 3. The minimum Gasteiger partial charge on any atom is -0.497 e. The summed E-state index contributed by atoms with van der Waals surface area (Å²) in [6.07, 6.45) is 2.23. The second-order valence-electron chi connectivity index (χ2n) is 4.94. The molecule has 106 valence electrons. The summed E-state index contributed by atoms with van der Waals surface area (Å²) in [6, 6.07) is 7.87. The van der Waals surface area contributed by atoms with Crippen LogP contribution in [0.2, 0.25) is 0 Å². The number of benzene rings is 1. The highest BCUT2D eigenvalue weighted by Crippen LogP contribution is 2.18. The SMILES string of the molecule is COc1cccc([C@H](C)NC(=O)CCCC(C)N)c1. The Balaban J connectivity index is 2.44. The number of methoxy groups -OCH3 is 1. The summed E-state index contributed by atoms with van der Waals surface area (Å²) in [6.45, 7) is 3.93. The third-order valence-corrected chi connectivity index (χ3v) is 3.03. The smallest absolute Gasteiger partial charge is 0.220 e. The van der Waals surface area contributed by atoms with Gasteiger partial charge in [0.05, 0.1) is 13.2 Å². The van der Waals surface area contributed by atoms with E-state index < -0.39 is 0 Å². The normalized spacial score (nSPS) is 13.7. The van der Waals surface area contributed by atoms with Crippen LogP contribution in [0.1, 0.15) is 44.7 Å². The zero-order valence-corrected chi connectivity index (χ0v) is 12.0. The fourth-order valence-electron chi connectivity index (χ4n) is 1.89. The molecule has 0 radical (unpaired) electrons. The Morgan fingerprint density at radius 2 is 2.16 bits per heavy atom. The largest absolute Gasteiger partial charge is 0.497 e. The van der Waals surface area contributed by atoms with Gasteiger partial charge in [-0.3, -0.25) is 4.79 Å². The molecule has 0 bridgehead atoms. The molecule has 0 spiro atoms. The van der Waals surface area contributed by atoms with E-state index in [0.717, 1.165) is 24.2 Å². The zero-order valence-electron chi connectivity index (χ0n) is 12.0. The summed E-state index contributed by atoms with van der Waals surface area (Å²) in [7, 11) is 1.64. The molecule has 0 saturated heterocycles. The van der Waals surface area contributed by atoms with Gasteiger partial charge < -0.3 is 15.8 Å². The number of nitrogens with two attached hydrogens (primary N) is 1. The lowest BCUT2D eigenvalue weighted by molar-refractivity contribution is -0.121. The molecular formula is C15H24N2O2. The Labute approximate surface area is 115 Å². The van der Waals surface area contributed by atoms with E-state index in [-0.39, 0.29) is 18.0 Å². The van der Waals surface area contributed by atoms with Gasteiger partial charge in [0.1, 0.15) is 5.75 Å².